The second-order valence-corrected chi connectivity index (χ2v) is 8.13. The molecule has 0 unspecified atom stereocenters. The normalized spacial score (nSPS) is 12.2. The highest BCUT2D eigenvalue weighted by Crippen LogP contribution is 2.30. The summed E-state index contributed by atoms with van der Waals surface area (Å²) < 4.78 is 65.1. The number of alkyl halides is 2. The largest absolute Gasteiger partial charge is 0.493 e. The first kappa shape index (κ1) is 21.1. The quantitative estimate of drug-likeness (QED) is 0.640. The smallest absolute Gasteiger partial charge is 0.387 e. The molecule has 0 aliphatic carbocycles. The summed E-state index contributed by atoms with van der Waals surface area (Å²) in [6.07, 6.45) is 0. The van der Waals surface area contributed by atoms with E-state index in [4.69, 9.17) is 9.15 Å². The van der Waals surface area contributed by atoms with Crippen molar-refractivity contribution in [2.45, 2.75) is 24.8 Å². The van der Waals surface area contributed by atoms with Gasteiger partial charge in [0, 0.05) is 20.6 Å². The van der Waals surface area contributed by atoms with Crippen LogP contribution in [0.5, 0.6) is 11.5 Å². The molecular formula is C17H22F2N2O5S. The molecule has 0 amide bonds. The summed E-state index contributed by atoms with van der Waals surface area (Å²) in [5.41, 5.74) is 0.724. The molecule has 0 N–H and O–H groups in total. The third-order valence-corrected chi connectivity index (χ3v) is 5.38. The van der Waals surface area contributed by atoms with Gasteiger partial charge in [-0.1, -0.05) is 6.07 Å². The van der Waals surface area contributed by atoms with Gasteiger partial charge in [-0.25, -0.2) is 12.7 Å². The van der Waals surface area contributed by atoms with Crippen molar-refractivity contribution in [3.63, 3.8) is 0 Å². The lowest BCUT2D eigenvalue weighted by atomic mass is 10.2. The molecule has 27 heavy (non-hydrogen) atoms. The van der Waals surface area contributed by atoms with Crippen LogP contribution in [-0.2, 0) is 23.1 Å². The number of furan rings is 1. The second-order valence-electron chi connectivity index (χ2n) is 6.04. The molecule has 2 aromatic rings. The number of rotatable bonds is 9. The molecule has 0 aliphatic rings. The minimum absolute atomic E-state index is 0.0456. The molecule has 0 bridgehead atoms. The van der Waals surface area contributed by atoms with Crippen molar-refractivity contribution in [3.8, 4) is 11.5 Å². The third-order valence-electron chi connectivity index (χ3n) is 3.69. The fraction of sp³-hybridized carbons (Fsp3) is 0.412. The maximum absolute atomic E-state index is 12.5. The maximum Gasteiger partial charge on any atom is 0.387 e. The van der Waals surface area contributed by atoms with E-state index in [0.29, 0.717) is 18.8 Å². The highest BCUT2D eigenvalue weighted by molar-refractivity contribution is 7.88. The van der Waals surface area contributed by atoms with Gasteiger partial charge in [-0.05, 0) is 36.9 Å². The van der Waals surface area contributed by atoms with Gasteiger partial charge in [-0.2, -0.15) is 8.78 Å². The van der Waals surface area contributed by atoms with Crippen LogP contribution in [0.1, 0.15) is 11.3 Å². The first-order valence-electron chi connectivity index (χ1n) is 7.95. The van der Waals surface area contributed by atoms with Crippen molar-refractivity contribution >= 4 is 10.0 Å². The predicted molar refractivity (Wildman–Crippen MR) is 94.4 cm³/mol. The number of hydrogen-bond donors (Lipinski definition) is 0. The summed E-state index contributed by atoms with van der Waals surface area (Å²) in [5.74, 6) is 0.637. The van der Waals surface area contributed by atoms with Crippen LogP contribution in [-0.4, -0.2) is 52.5 Å². The molecule has 0 atom stereocenters. The van der Waals surface area contributed by atoms with Crippen LogP contribution in [0.15, 0.2) is 39.8 Å². The van der Waals surface area contributed by atoms with Crippen molar-refractivity contribution in [3.05, 3.63) is 41.7 Å². The van der Waals surface area contributed by atoms with Crippen molar-refractivity contribution in [2.24, 2.45) is 0 Å². The Morgan fingerprint density at radius 2 is 1.78 bits per heavy atom. The Bertz CT molecular complexity index is 868. The van der Waals surface area contributed by atoms with E-state index in [1.807, 2.05) is 4.90 Å². The molecule has 1 aromatic heterocycles. The highest BCUT2D eigenvalue weighted by atomic mass is 32.2. The van der Waals surface area contributed by atoms with Crippen LogP contribution in [0.2, 0.25) is 0 Å². The SMILES string of the molecule is COc1ccc(CN(C)Cc2ccc(S(=O)(=O)N(C)C)o2)cc1OC(F)F. The van der Waals surface area contributed by atoms with Gasteiger partial charge in [0.05, 0.1) is 13.7 Å². The minimum Gasteiger partial charge on any atom is -0.493 e. The molecule has 0 spiro atoms. The molecular weight excluding hydrogens is 382 g/mol. The van der Waals surface area contributed by atoms with Crippen molar-refractivity contribution in [1.82, 2.24) is 9.21 Å². The topological polar surface area (TPSA) is 72.2 Å². The Hall–Kier alpha value is -2.17. The van der Waals surface area contributed by atoms with E-state index in [9.17, 15) is 17.2 Å². The first-order valence-corrected chi connectivity index (χ1v) is 9.39. The summed E-state index contributed by atoms with van der Waals surface area (Å²) >= 11 is 0. The van der Waals surface area contributed by atoms with Gasteiger partial charge in [0.15, 0.2) is 11.5 Å². The Morgan fingerprint density at radius 3 is 2.37 bits per heavy atom. The van der Waals surface area contributed by atoms with Gasteiger partial charge in [-0.15, -0.1) is 0 Å². The van der Waals surface area contributed by atoms with Crippen molar-refractivity contribution in [1.29, 1.82) is 0 Å². The zero-order valence-electron chi connectivity index (χ0n) is 15.5. The van der Waals surface area contributed by atoms with E-state index in [2.05, 4.69) is 4.74 Å². The first-order chi connectivity index (χ1) is 12.6. The lowest BCUT2D eigenvalue weighted by Crippen LogP contribution is -2.21. The van der Waals surface area contributed by atoms with Gasteiger partial charge in [-0.3, -0.25) is 4.90 Å². The number of ether oxygens (including phenoxy) is 2. The lowest BCUT2D eigenvalue weighted by molar-refractivity contribution is -0.0512. The molecule has 0 saturated carbocycles. The third kappa shape index (κ3) is 5.41. The van der Waals surface area contributed by atoms with Crippen LogP contribution in [0.3, 0.4) is 0 Å². The van der Waals surface area contributed by atoms with Crippen molar-refractivity contribution < 1.29 is 31.1 Å². The van der Waals surface area contributed by atoms with E-state index in [-0.39, 0.29) is 16.6 Å². The standard InChI is InChI=1S/C17H22F2N2O5S/c1-20(2)27(22,23)16-8-6-13(25-16)11-21(3)10-12-5-7-14(24-4)15(9-12)26-17(18)19/h5-9,17H,10-11H2,1-4H3. The van der Waals surface area contributed by atoms with Crippen molar-refractivity contribution in [2.75, 3.05) is 28.3 Å². The number of nitrogens with zero attached hydrogens (tertiary/aromatic N) is 2. The Balaban J connectivity index is 2.08. The van der Waals surface area contributed by atoms with Crippen LogP contribution in [0.25, 0.3) is 0 Å². The van der Waals surface area contributed by atoms with Crippen LogP contribution < -0.4 is 9.47 Å². The Morgan fingerprint density at radius 1 is 1.07 bits per heavy atom. The Kier molecular flexibility index (Phi) is 6.79. The van der Waals surface area contributed by atoms with E-state index in [1.54, 1.807) is 25.2 Å². The van der Waals surface area contributed by atoms with Gasteiger partial charge in [0.25, 0.3) is 10.0 Å². The van der Waals surface area contributed by atoms with Gasteiger partial charge in [0.2, 0.25) is 5.09 Å². The summed E-state index contributed by atoms with van der Waals surface area (Å²) in [6.45, 7) is -2.22. The van der Waals surface area contributed by atoms with Gasteiger partial charge >= 0.3 is 6.61 Å². The maximum atomic E-state index is 12.5. The predicted octanol–water partition coefficient (Wildman–Crippen LogP) is 2.77. The molecule has 0 radical (unpaired) electrons. The summed E-state index contributed by atoms with van der Waals surface area (Å²) in [6, 6.07) is 7.76. The van der Waals surface area contributed by atoms with E-state index < -0.39 is 16.6 Å². The number of hydrogen-bond acceptors (Lipinski definition) is 6. The summed E-state index contributed by atoms with van der Waals surface area (Å²) in [5, 5.41) is -0.132. The molecule has 10 heteroatoms. The van der Waals surface area contributed by atoms with Gasteiger partial charge in [0.1, 0.15) is 5.76 Å². The molecule has 7 nitrogen and oxygen atoms in total. The lowest BCUT2D eigenvalue weighted by Gasteiger charge is -2.17. The number of methoxy groups -OCH3 is 1. The van der Waals surface area contributed by atoms with E-state index >= 15 is 0 Å². The molecule has 150 valence electrons. The minimum atomic E-state index is -3.63. The van der Waals surface area contributed by atoms with Gasteiger partial charge < -0.3 is 13.9 Å². The number of halogens is 2. The fourth-order valence-corrected chi connectivity index (χ4v) is 3.22. The summed E-state index contributed by atoms with van der Waals surface area (Å²) in [7, 11) is 2.38. The summed E-state index contributed by atoms with van der Waals surface area (Å²) in [4.78, 5) is 1.85. The molecule has 1 heterocycles. The zero-order chi connectivity index (χ0) is 20.2. The number of sulfonamides is 1. The molecule has 2 rings (SSSR count). The van der Waals surface area contributed by atoms with E-state index in [1.165, 1.54) is 33.3 Å². The monoisotopic (exact) mass is 404 g/mol. The van der Waals surface area contributed by atoms with E-state index in [0.717, 1.165) is 9.87 Å². The Labute approximate surface area is 157 Å². The van der Waals surface area contributed by atoms with Crippen LogP contribution >= 0.6 is 0 Å². The highest BCUT2D eigenvalue weighted by Gasteiger charge is 2.22. The molecule has 0 saturated heterocycles. The number of benzene rings is 1. The van der Waals surface area contributed by atoms with Crippen LogP contribution in [0, 0.1) is 0 Å². The fourth-order valence-electron chi connectivity index (χ4n) is 2.40. The zero-order valence-corrected chi connectivity index (χ0v) is 16.3. The average Bonchev–Trinajstić information content (AvgIpc) is 3.03. The second kappa shape index (κ2) is 8.68. The molecule has 1 aromatic carbocycles. The molecule has 0 aliphatic heterocycles. The van der Waals surface area contributed by atoms with Crippen LogP contribution in [0.4, 0.5) is 8.78 Å². The molecule has 0 fully saturated rings. The average molecular weight is 404 g/mol.